The first-order chi connectivity index (χ1) is 18.6. The van der Waals surface area contributed by atoms with Crippen LogP contribution in [0.4, 0.5) is 4.79 Å². The standard InChI is InChI=1S/C29H49N3O7S/c1-10-12-13-14-15-32(26(34)24(19(5)11-2)31-28(37)39-29(7,8)9)22(18(3)4)16-23(38-20(6)33)25-30-21(17-40-25)27(35)36/h17-19,22-24H,10-16H2,1-9H3,(H,31,37)(H,35,36)/t19-,22+,23+,24-/m0/s1. The Morgan fingerprint density at radius 3 is 2.23 bits per heavy atom. The van der Waals surface area contributed by atoms with Gasteiger partial charge in [-0.1, -0.05) is 60.3 Å². The third-order valence-corrected chi connectivity index (χ3v) is 7.57. The quantitative estimate of drug-likeness (QED) is 0.173. The molecule has 0 aliphatic rings. The van der Waals surface area contributed by atoms with Crippen LogP contribution in [0, 0.1) is 11.8 Å². The molecule has 0 aliphatic carbocycles. The zero-order valence-electron chi connectivity index (χ0n) is 25.6. The molecule has 2 amide bonds. The number of carboxylic acid groups (broad SMARTS) is 1. The molecule has 40 heavy (non-hydrogen) atoms. The van der Waals surface area contributed by atoms with Gasteiger partial charge in [-0.05, 0) is 39.0 Å². The van der Waals surface area contributed by atoms with Gasteiger partial charge in [0.2, 0.25) is 5.91 Å². The summed E-state index contributed by atoms with van der Waals surface area (Å²) in [5.74, 6) is -2.10. The zero-order valence-corrected chi connectivity index (χ0v) is 26.4. The molecule has 1 rings (SSSR count). The number of hydrogen-bond acceptors (Lipinski definition) is 8. The second-order valence-electron chi connectivity index (χ2n) is 11.6. The van der Waals surface area contributed by atoms with Crippen molar-refractivity contribution in [2.75, 3.05) is 6.54 Å². The number of aromatic carboxylic acids is 1. The number of rotatable bonds is 16. The normalized spacial score (nSPS) is 14.7. The lowest BCUT2D eigenvalue weighted by molar-refractivity contribution is -0.149. The Morgan fingerprint density at radius 2 is 1.75 bits per heavy atom. The van der Waals surface area contributed by atoms with E-state index in [0.29, 0.717) is 18.0 Å². The average molecular weight is 584 g/mol. The first-order valence-electron chi connectivity index (χ1n) is 14.3. The van der Waals surface area contributed by atoms with E-state index in [-0.39, 0.29) is 35.9 Å². The van der Waals surface area contributed by atoms with Crippen LogP contribution in [0.1, 0.15) is 122 Å². The maximum Gasteiger partial charge on any atom is 0.408 e. The molecule has 0 aliphatic heterocycles. The molecule has 10 nitrogen and oxygen atoms in total. The monoisotopic (exact) mass is 583 g/mol. The summed E-state index contributed by atoms with van der Waals surface area (Å²) in [6.07, 6.45) is 3.23. The Balaban J connectivity index is 3.45. The molecule has 4 atom stereocenters. The summed E-state index contributed by atoms with van der Waals surface area (Å²) < 4.78 is 11.1. The number of carboxylic acids is 1. The Morgan fingerprint density at radius 1 is 1.10 bits per heavy atom. The molecule has 228 valence electrons. The zero-order chi connectivity index (χ0) is 30.6. The van der Waals surface area contributed by atoms with Crippen LogP contribution < -0.4 is 5.32 Å². The molecule has 0 saturated heterocycles. The maximum atomic E-state index is 14.2. The Labute approximate surface area is 243 Å². The highest BCUT2D eigenvalue weighted by atomic mass is 32.1. The first kappa shape index (κ1) is 35.3. The summed E-state index contributed by atoms with van der Waals surface area (Å²) in [5, 5.41) is 13.9. The van der Waals surface area contributed by atoms with E-state index in [1.54, 1.807) is 25.7 Å². The molecule has 0 saturated carbocycles. The second-order valence-corrected chi connectivity index (χ2v) is 12.5. The summed E-state index contributed by atoms with van der Waals surface area (Å²) in [4.78, 5) is 56.4. The lowest BCUT2D eigenvalue weighted by atomic mass is 9.92. The van der Waals surface area contributed by atoms with Crippen molar-refractivity contribution in [2.45, 2.75) is 125 Å². The van der Waals surface area contributed by atoms with E-state index in [1.807, 2.05) is 27.7 Å². The minimum atomic E-state index is -1.16. The van der Waals surface area contributed by atoms with Crippen molar-refractivity contribution in [2.24, 2.45) is 11.8 Å². The van der Waals surface area contributed by atoms with Crippen molar-refractivity contribution in [1.82, 2.24) is 15.2 Å². The van der Waals surface area contributed by atoms with Gasteiger partial charge >= 0.3 is 18.0 Å². The molecular weight excluding hydrogens is 534 g/mol. The van der Waals surface area contributed by atoms with E-state index in [0.717, 1.165) is 37.0 Å². The van der Waals surface area contributed by atoms with E-state index >= 15 is 0 Å². The predicted octanol–water partition coefficient (Wildman–Crippen LogP) is 6.21. The van der Waals surface area contributed by atoms with Crippen LogP contribution in [-0.4, -0.2) is 63.2 Å². The molecule has 1 aromatic heterocycles. The highest BCUT2D eigenvalue weighted by molar-refractivity contribution is 7.09. The van der Waals surface area contributed by atoms with Gasteiger partial charge in [0.15, 0.2) is 11.8 Å². The van der Waals surface area contributed by atoms with Crippen molar-refractivity contribution in [3.8, 4) is 0 Å². The summed E-state index contributed by atoms with van der Waals surface area (Å²) >= 11 is 1.11. The molecule has 1 aromatic rings. The van der Waals surface area contributed by atoms with Crippen LogP contribution in [0.15, 0.2) is 5.38 Å². The highest BCUT2D eigenvalue weighted by Crippen LogP contribution is 2.31. The van der Waals surface area contributed by atoms with Gasteiger partial charge in [-0.25, -0.2) is 14.6 Å². The molecule has 0 bridgehead atoms. The summed E-state index contributed by atoms with van der Waals surface area (Å²) in [6.45, 7) is 17.1. The van der Waals surface area contributed by atoms with Crippen LogP contribution in [0.2, 0.25) is 0 Å². The van der Waals surface area contributed by atoms with Crippen LogP contribution in [-0.2, 0) is 19.1 Å². The molecule has 0 unspecified atom stereocenters. The summed E-state index contributed by atoms with van der Waals surface area (Å²) in [6, 6.07) is -1.18. The lowest BCUT2D eigenvalue weighted by Gasteiger charge is -2.39. The number of ether oxygens (including phenoxy) is 2. The van der Waals surface area contributed by atoms with Crippen molar-refractivity contribution in [3.05, 3.63) is 16.1 Å². The van der Waals surface area contributed by atoms with E-state index in [4.69, 9.17) is 9.47 Å². The fourth-order valence-electron chi connectivity index (χ4n) is 4.36. The number of amides is 2. The van der Waals surface area contributed by atoms with Crippen molar-refractivity contribution in [1.29, 1.82) is 0 Å². The van der Waals surface area contributed by atoms with Crippen LogP contribution in [0.25, 0.3) is 0 Å². The predicted molar refractivity (Wildman–Crippen MR) is 155 cm³/mol. The van der Waals surface area contributed by atoms with Gasteiger partial charge in [-0.3, -0.25) is 9.59 Å². The molecule has 0 aromatic carbocycles. The Kier molecular flexibility index (Phi) is 14.6. The number of carbonyl (C=O) groups is 4. The van der Waals surface area contributed by atoms with E-state index in [2.05, 4.69) is 17.2 Å². The van der Waals surface area contributed by atoms with E-state index < -0.39 is 35.8 Å². The number of alkyl carbamates (subject to hydrolysis) is 1. The van der Waals surface area contributed by atoms with Gasteiger partial charge in [0.25, 0.3) is 0 Å². The van der Waals surface area contributed by atoms with Gasteiger partial charge < -0.3 is 24.8 Å². The fourth-order valence-corrected chi connectivity index (χ4v) is 5.19. The van der Waals surface area contributed by atoms with E-state index in [1.165, 1.54) is 12.3 Å². The molecule has 1 heterocycles. The summed E-state index contributed by atoms with van der Waals surface area (Å²) in [7, 11) is 0. The maximum absolute atomic E-state index is 14.2. The number of esters is 1. The van der Waals surface area contributed by atoms with Crippen molar-refractivity contribution < 1.29 is 33.8 Å². The minimum absolute atomic E-state index is 0.0359. The molecule has 11 heteroatoms. The van der Waals surface area contributed by atoms with Crippen LogP contribution in [0.3, 0.4) is 0 Å². The number of thiazole rings is 1. The van der Waals surface area contributed by atoms with E-state index in [9.17, 15) is 24.3 Å². The van der Waals surface area contributed by atoms with Gasteiger partial charge in [0, 0.05) is 31.3 Å². The molecule has 0 fully saturated rings. The number of carbonyl (C=O) groups excluding carboxylic acids is 3. The molecule has 0 radical (unpaired) electrons. The number of nitrogens with one attached hydrogen (secondary N) is 1. The van der Waals surface area contributed by atoms with Gasteiger partial charge in [-0.15, -0.1) is 11.3 Å². The number of unbranched alkanes of at least 4 members (excludes halogenated alkanes) is 3. The first-order valence-corrected chi connectivity index (χ1v) is 15.1. The van der Waals surface area contributed by atoms with Crippen molar-refractivity contribution >= 4 is 35.3 Å². The highest BCUT2D eigenvalue weighted by Gasteiger charge is 2.37. The Bertz CT molecular complexity index is 973. The van der Waals surface area contributed by atoms with Crippen LogP contribution in [0.5, 0.6) is 0 Å². The molecule has 2 N–H and O–H groups in total. The molecular formula is C29H49N3O7S. The largest absolute Gasteiger partial charge is 0.476 e. The summed E-state index contributed by atoms with van der Waals surface area (Å²) in [5.41, 5.74) is -0.836. The second kappa shape index (κ2) is 16.5. The smallest absolute Gasteiger partial charge is 0.408 e. The van der Waals surface area contributed by atoms with Gasteiger partial charge in [0.1, 0.15) is 16.7 Å². The van der Waals surface area contributed by atoms with Crippen molar-refractivity contribution in [3.63, 3.8) is 0 Å². The van der Waals surface area contributed by atoms with Crippen LogP contribution >= 0.6 is 11.3 Å². The molecule has 0 spiro atoms. The Hall–Kier alpha value is -2.69. The topological polar surface area (TPSA) is 135 Å². The average Bonchev–Trinajstić information content (AvgIpc) is 3.34. The van der Waals surface area contributed by atoms with Gasteiger partial charge in [-0.2, -0.15) is 0 Å². The SMILES string of the molecule is CCCCCCN(C(=O)[C@@H](NC(=O)OC(C)(C)C)[C@@H](C)CC)[C@H](C[C@@H](OC(C)=O)c1nc(C(=O)O)cs1)C(C)C. The number of hydrogen-bond donors (Lipinski definition) is 2. The third kappa shape index (κ3) is 11.8. The minimum Gasteiger partial charge on any atom is -0.476 e. The number of aromatic nitrogens is 1. The number of nitrogens with zero attached hydrogens (tertiary/aromatic N) is 2. The lowest BCUT2D eigenvalue weighted by Crippen LogP contribution is -2.56. The third-order valence-electron chi connectivity index (χ3n) is 6.64. The van der Waals surface area contributed by atoms with Gasteiger partial charge in [0.05, 0.1) is 0 Å². The fraction of sp³-hybridized carbons (Fsp3) is 0.759.